The smallest absolute Gasteiger partial charge is 0.223 e. The summed E-state index contributed by atoms with van der Waals surface area (Å²) in [5.41, 5.74) is 0. The minimum absolute atomic E-state index is 0.0116. The molecule has 2 N–H and O–H groups in total. The third-order valence-electron chi connectivity index (χ3n) is 2.06. The van der Waals surface area contributed by atoms with Gasteiger partial charge in [-0.2, -0.15) is 4.98 Å². The summed E-state index contributed by atoms with van der Waals surface area (Å²) >= 11 is 0. The molecule has 0 aliphatic heterocycles. The van der Waals surface area contributed by atoms with Crippen LogP contribution in [0.1, 0.15) is 24.6 Å². The first-order valence-electron chi connectivity index (χ1n) is 5.41. The summed E-state index contributed by atoms with van der Waals surface area (Å²) in [7, 11) is -3.26. The molecular weight excluding hydrogens is 246 g/mol. The third kappa shape index (κ3) is 5.76. The molecule has 0 bridgehead atoms. The lowest BCUT2D eigenvalue weighted by Crippen LogP contribution is -2.28. The van der Waals surface area contributed by atoms with Crippen molar-refractivity contribution in [3.05, 3.63) is 11.7 Å². The molecule has 0 unspecified atom stereocenters. The van der Waals surface area contributed by atoms with Crippen molar-refractivity contribution in [1.82, 2.24) is 14.9 Å². The fraction of sp³-hybridized carbons (Fsp3) is 0.778. The van der Waals surface area contributed by atoms with E-state index in [2.05, 4.69) is 14.9 Å². The quantitative estimate of drug-likeness (QED) is 0.619. The number of aliphatic hydroxyl groups is 1. The van der Waals surface area contributed by atoms with E-state index in [0.717, 1.165) is 0 Å². The van der Waals surface area contributed by atoms with Crippen LogP contribution in [0, 0.1) is 6.92 Å². The van der Waals surface area contributed by atoms with Crippen LogP contribution in [0.2, 0.25) is 0 Å². The zero-order chi connectivity index (χ0) is 12.7. The zero-order valence-electron chi connectivity index (χ0n) is 9.72. The molecule has 0 radical (unpaired) electrons. The van der Waals surface area contributed by atoms with E-state index in [1.54, 1.807) is 6.92 Å². The van der Waals surface area contributed by atoms with Crippen molar-refractivity contribution < 1.29 is 18.0 Å². The molecule has 7 nitrogen and oxygen atoms in total. The molecule has 0 fully saturated rings. The van der Waals surface area contributed by atoms with Gasteiger partial charge in [0.25, 0.3) is 0 Å². The Balaban J connectivity index is 2.25. The number of aliphatic hydroxyl groups excluding tert-OH is 1. The first-order chi connectivity index (χ1) is 8.03. The summed E-state index contributed by atoms with van der Waals surface area (Å²) < 4.78 is 30.1. The number of sulfonamides is 1. The van der Waals surface area contributed by atoms with Crippen molar-refractivity contribution in [3.63, 3.8) is 0 Å². The van der Waals surface area contributed by atoms with Crippen LogP contribution >= 0.6 is 0 Å². The molecular formula is C9H17N3O4S. The predicted octanol–water partition coefficient (Wildman–Crippen LogP) is -0.388. The largest absolute Gasteiger partial charge is 0.396 e. The molecule has 17 heavy (non-hydrogen) atoms. The van der Waals surface area contributed by atoms with Crippen LogP contribution in [0.25, 0.3) is 0 Å². The molecule has 1 heterocycles. The van der Waals surface area contributed by atoms with Crippen molar-refractivity contribution in [1.29, 1.82) is 0 Å². The molecule has 1 aromatic rings. The summed E-state index contributed by atoms with van der Waals surface area (Å²) in [6, 6.07) is 0. The number of hydrogen-bond acceptors (Lipinski definition) is 6. The molecule has 0 atom stereocenters. The highest BCUT2D eigenvalue weighted by Gasteiger charge is 2.10. The second-order valence-corrected chi connectivity index (χ2v) is 5.55. The van der Waals surface area contributed by atoms with Crippen molar-refractivity contribution in [2.45, 2.75) is 26.2 Å². The van der Waals surface area contributed by atoms with Gasteiger partial charge in [-0.1, -0.05) is 5.16 Å². The van der Waals surface area contributed by atoms with E-state index in [1.165, 1.54) is 0 Å². The van der Waals surface area contributed by atoms with Gasteiger partial charge in [0, 0.05) is 26.5 Å². The van der Waals surface area contributed by atoms with Crippen LogP contribution in [0.15, 0.2) is 4.52 Å². The van der Waals surface area contributed by atoms with Crippen molar-refractivity contribution >= 4 is 10.0 Å². The number of aromatic nitrogens is 2. The number of nitrogens with zero attached hydrogens (tertiary/aromatic N) is 2. The van der Waals surface area contributed by atoms with Gasteiger partial charge in [0.15, 0.2) is 5.82 Å². The molecule has 0 aliphatic rings. The standard InChI is InChI=1S/C9H17N3O4S/c1-8-11-9(12-16-8)4-5-10-17(14,15)7-3-2-6-13/h10,13H,2-7H2,1H3. The number of rotatable bonds is 8. The average Bonchev–Trinajstić information content (AvgIpc) is 2.64. The Morgan fingerprint density at radius 1 is 1.41 bits per heavy atom. The lowest BCUT2D eigenvalue weighted by molar-refractivity contribution is 0.287. The van der Waals surface area contributed by atoms with Gasteiger partial charge >= 0.3 is 0 Å². The van der Waals surface area contributed by atoms with Crippen LogP contribution in [-0.4, -0.2) is 42.6 Å². The van der Waals surface area contributed by atoms with Gasteiger partial charge < -0.3 is 9.63 Å². The van der Waals surface area contributed by atoms with E-state index < -0.39 is 10.0 Å². The fourth-order valence-electron chi connectivity index (χ4n) is 1.24. The summed E-state index contributed by atoms with van der Waals surface area (Å²) in [4.78, 5) is 3.96. The van der Waals surface area contributed by atoms with Crippen LogP contribution in [0.4, 0.5) is 0 Å². The van der Waals surface area contributed by atoms with E-state index >= 15 is 0 Å². The number of nitrogens with one attached hydrogen (secondary N) is 1. The summed E-state index contributed by atoms with van der Waals surface area (Å²) in [5.74, 6) is 0.977. The molecule has 8 heteroatoms. The minimum Gasteiger partial charge on any atom is -0.396 e. The van der Waals surface area contributed by atoms with E-state index in [4.69, 9.17) is 9.63 Å². The van der Waals surface area contributed by atoms with Crippen LogP contribution in [-0.2, 0) is 16.4 Å². The highest BCUT2D eigenvalue weighted by Crippen LogP contribution is 1.97. The maximum Gasteiger partial charge on any atom is 0.223 e. The normalized spacial score (nSPS) is 11.9. The summed E-state index contributed by atoms with van der Waals surface area (Å²) in [5, 5.41) is 12.2. The molecule has 0 saturated heterocycles. The first-order valence-corrected chi connectivity index (χ1v) is 7.06. The monoisotopic (exact) mass is 263 g/mol. The average molecular weight is 263 g/mol. The summed E-state index contributed by atoms with van der Waals surface area (Å²) in [6.07, 6.45) is 1.34. The Labute approximate surface area is 100 Å². The Morgan fingerprint density at radius 3 is 2.76 bits per heavy atom. The lowest BCUT2D eigenvalue weighted by Gasteiger charge is -2.04. The SMILES string of the molecule is Cc1nc(CCNS(=O)(=O)CCCCO)no1. The molecule has 0 aliphatic carbocycles. The molecule has 0 aromatic carbocycles. The number of aryl methyl sites for hydroxylation is 1. The molecule has 0 amide bonds. The van der Waals surface area contributed by atoms with Gasteiger partial charge in [-0.05, 0) is 12.8 Å². The predicted molar refractivity (Wildman–Crippen MR) is 60.8 cm³/mol. The highest BCUT2D eigenvalue weighted by atomic mass is 32.2. The van der Waals surface area contributed by atoms with Crippen LogP contribution in [0.3, 0.4) is 0 Å². The summed E-state index contributed by atoms with van der Waals surface area (Å²) in [6.45, 7) is 1.94. The van der Waals surface area contributed by atoms with Crippen LogP contribution < -0.4 is 4.72 Å². The Morgan fingerprint density at radius 2 is 2.18 bits per heavy atom. The minimum atomic E-state index is -3.26. The molecule has 1 rings (SSSR count). The second-order valence-electron chi connectivity index (χ2n) is 3.62. The van der Waals surface area contributed by atoms with E-state index in [-0.39, 0.29) is 18.9 Å². The number of hydrogen-bond donors (Lipinski definition) is 2. The van der Waals surface area contributed by atoms with Gasteiger partial charge in [0.1, 0.15) is 0 Å². The van der Waals surface area contributed by atoms with E-state index in [9.17, 15) is 8.42 Å². The van der Waals surface area contributed by atoms with Crippen LogP contribution in [0.5, 0.6) is 0 Å². The lowest BCUT2D eigenvalue weighted by atomic mass is 10.4. The van der Waals surface area contributed by atoms with Crippen molar-refractivity contribution in [3.8, 4) is 0 Å². The zero-order valence-corrected chi connectivity index (χ0v) is 10.5. The van der Waals surface area contributed by atoms with Crippen molar-refractivity contribution in [2.75, 3.05) is 18.9 Å². The Hall–Kier alpha value is -0.990. The number of unbranched alkanes of at least 4 members (excludes halogenated alkanes) is 1. The van der Waals surface area contributed by atoms with E-state index in [0.29, 0.717) is 31.0 Å². The second kappa shape index (κ2) is 6.67. The van der Waals surface area contributed by atoms with Gasteiger partial charge in [-0.25, -0.2) is 13.1 Å². The molecule has 98 valence electrons. The van der Waals surface area contributed by atoms with Crippen molar-refractivity contribution in [2.24, 2.45) is 0 Å². The highest BCUT2D eigenvalue weighted by molar-refractivity contribution is 7.89. The fourth-order valence-corrected chi connectivity index (χ4v) is 2.38. The van der Waals surface area contributed by atoms with Gasteiger partial charge in [0.05, 0.1) is 5.75 Å². The Bertz CT molecular complexity index is 429. The maximum absolute atomic E-state index is 11.4. The molecule has 1 aromatic heterocycles. The third-order valence-corrected chi connectivity index (χ3v) is 3.53. The van der Waals surface area contributed by atoms with Gasteiger partial charge in [-0.3, -0.25) is 0 Å². The molecule has 0 spiro atoms. The topological polar surface area (TPSA) is 105 Å². The Kier molecular flexibility index (Phi) is 5.52. The maximum atomic E-state index is 11.4. The van der Waals surface area contributed by atoms with Gasteiger partial charge in [0.2, 0.25) is 15.9 Å². The van der Waals surface area contributed by atoms with Gasteiger partial charge in [-0.15, -0.1) is 0 Å². The van der Waals surface area contributed by atoms with E-state index in [1.807, 2.05) is 0 Å². The molecule has 0 saturated carbocycles. The first kappa shape index (κ1) is 14.1.